The van der Waals surface area contributed by atoms with Gasteiger partial charge in [0.2, 0.25) is 5.91 Å². The molecule has 3 aromatic rings. The van der Waals surface area contributed by atoms with Crippen LogP contribution in [0.2, 0.25) is 0 Å². The average molecular weight is 380 g/mol. The monoisotopic (exact) mass is 380 g/mol. The molecule has 2 amide bonds. The normalized spacial score (nSPS) is 10.6. The Morgan fingerprint density at radius 3 is 2.50 bits per heavy atom. The van der Waals surface area contributed by atoms with Crippen LogP contribution in [0, 0.1) is 0 Å². The number of hydrogen-bond acceptors (Lipinski definition) is 4. The highest BCUT2D eigenvalue weighted by Gasteiger charge is 2.10. The number of nitrogens with one attached hydrogen (secondary N) is 3. The van der Waals surface area contributed by atoms with Crippen molar-refractivity contribution in [1.29, 1.82) is 0 Å². The van der Waals surface area contributed by atoms with E-state index < -0.39 is 17.0 Å². The third kappa shape index (κ3) is 4.17. The number of aromatic amines is 1. The van der Waals surface area contributed by atoms with Gasteiger partial charge >= 0.3 is 0 Å². The summed E-state index contributed by atoms with van der Waals surface area (Å²) in [6, 6.07) is 13.3. The molecule has 0 aliphatic rings. The van der Waals surface area contributed by atoms with Crippen LogP contribution in [0.25, 0.3) is 10.8 Å². The molecule has 0 saturated carbocycles. The number of carbonyl (C=O) groups is 2. The fourth-order valence-corrected chi connectivity index (χ4v) is 2.84. The number of hydrogen-bond donors (Lipinski definition) is 3. The second-order valence-electron chi connectivity index (χ2n) is 6.21. The third-order valence-electron chi connectivity index (χ3n) is 4.20. The van der Waals surface area contributed by atoms with Crippen molar-refractivity contribution in [1.82, 2.24) is 20.4 Å². The predicted molar refractivity (Wildman–Crippen MR) is 105 cm³/mol. The maximum atomic E-state index is 12.4. The van der Waals surface area contributed by atoms with Crippen LogP contribution < -0.4 is 21.8 Å². The van der Waals surface area contributed by atoms with Crippen LogP contribution in [-0.4, -0.2) is 28.1 Å². The molecular formula is C20H20N4O4. The summed E-state index contributed by atoms with van der Waals surface area (Å²) in [6.45, 7) is 2.24. The molecule has 3 N–H and O–H groups in total. The van der Waals surface area contributed by atoms with Gasteiger partial charge in [-0.25, -0.2) is 4.68 Å². The Labute approximate surface area is 160 Å². The second kappa shape index (κ2) is 8.34. The van der Waals surface area contributed by atoms with E-state index in [0.717, 1.165) is 10.2 Å². The Morgan fingerprint density at radius 1 is 1.00 bits per heavy atom. The van der Waals surface area contributed by atoms with Crippen LogP contribution >= 0.6 is 0 Å². The first-order valence-corrected chi connectivity index (χ1v) is 8.85. The van der Waals surface area contributed by atoms with E-state index in [1.54, 1.807) is 48.5 Å². The van der Waals surface area contributed by atoms with Gasteiger partial charge in [0.1, 0.15) is 6.54 Å². The van der Waals surface area contributed by atoms with E-state index in [1.165, 1.54) is 0 Å². The zero-order valence-corrected chi connectivity index (χ0v) is 15.3. The molecule has 0 saturated heterocycles. The van der Waals surface area contributed by atoms with E-state index in [1.807, 2.05) is 6.92 Å². The van der Waals surface area contributed by atoms with Gasteiger partial charge in [0.25, 0.3) is 17.0 Å². The third-order valence-corrected chi connectivity index (χ3v) is 4.20. The Kier molecular flexibility index (Phi) is 5.69. The summed E-state index contributed by atoms with van der Waals surface area (Å²) in [5, 5.41) is 8.36. The minimum Gasteiger partial charge on any atom is -0.352 e. The molecule has 0 unspecified atom stereocenters. The molecular weight excluding hydrogens is 360 g/mol. The van der Waals surface area contributed by atoms with Crippen molar-refractivity contribution in [2.75, 3.05) is 6.54 Å². The lowest BCUT2D eigenvalue weighted by atomic mass is 10.1. The molecule has 2 aromatic carbocycles. The van der Waals surface area contributed by atoms with Gasteiger partial charge in [0.15, 0.2) is 0 Å². The van der Waals surface area contributed by atoms with E-state index in [4.69, 9.17) is 0 Å². The first kappa shape index (κ1) is 19.1. The first-order chi connectivity index (χ1) is 13.5. The average Bonchev–Trinajstić information content (AvgIpc) is 2.71. The topological polar surface area (TPSA) is 113 Å². The highest BCUT2D eigenvalue weighted by Crippen LogP contribution is 2.05. The summed E-state index contributed by atoms with van der Waals surface area (Å²) in [5.74, 6) is -0.618. The molecule has 0 aliphatic heterocycles. The molecule has 0 fully saturated rings. The summed E-state index contributed by atoms with van der Waals surface area (Å²) < 4.78 is 0.991. The highest BCUT2D eigenvalue weighted by atomic mass is 16.2. The maximum absolute atomic E-state index is 12.4. The largest absolute Gasteiger partial charge is 0.352 e. The van der Waals surface area contributed by atoms with Gasteiger partial charge in [-0.15, -0.1) is 0 Å². The number of carbonyl (C=O) groups excluding carboxylic acids is 2. The van der Waals surface area contributed by atoms with E-state index in [2.05, 4.69) is 15.7 Å². The number of benzene rings is 2. The van der Waals surface area contributed by atoms with Crippen molar-refractivity contribution >= 4 is 22.6 Å². The number of aromatic nitrogens is 2. The van der Waals surface area contributed by atoms with Gasteiger partial charge in [-0.1, -0.05) is 24.3 Å². The zero-order chi connectivity index (χ0) is 20.1. The Morgan fingerprint density at radius 2 is 1.75 bits per heavy atom. The van der Waals surface area contributed by atoms with Gasteiger partial charge in [-0.2, -0.15) is 0 Å². The predicted octanol–water partition coefficient (Wildman–Crippen LogP) is 0.756. The van der Waals surface area contributed by atoms with Crippen molar-refractivity contribution in [3.8, 4) is 0 Å². The number of H-pyrrole nitrogens is 1. The van der Waals surface area contributed by atoms with Gasteiger partial charge in [0, 0.05) is 18.7 Å². The summed E-state index contributed by atoms with van der Waals surface area (Å²) in [6.07, 6.45) is 0. The Hall–Kier alpha value is -3.68. The second-order valence-corrected chi connectivity index (χ2v) is 6.21. The zero-order valence-electron chi connectivity index (χ0n) is 15.3. The molecule has 144 valence electrons. The molecule has 0 radical (unpaired) electrons. The quantitative estimate of drug-likeness (QED) is 0.586. The molecule has 0 spiro atoms. The molecule has 0 bridgehead atoms. The smallest absolute Gasteiger partial charge is 0.273 e. The SMILES string of the molecule is CCNC(=O)c1cccc(CNC(=O)Cn2[nH]c(=O)c3ccccc3c2=O)c1. The number of rotatable bonds is 6. The van der Waals surface area contributed by atoms with E-state index in [-0.39, 0.29) is 29.8 Å². The number of nitrogens with zero attached hydrogens (tertiary/aromatic N) is 1. The molecule has 0 aliphatic carbocycles. The van der Waals surface area contributed by atoms with Crippen molar-refractivity contribution in [3.05, 3.63) is 80.4 Å². The summed E-state index contributed by atoms with van der Waals surface area (Å²) >= 11 is 0. The van der Waals surface area contributed by atoms with Crippen LogP contribution in [0.3, 0.4) is 0 Å². The maximum Gasteiger partial charge on any atom is 0.273 e. The van der Waals surface area contributed by atoms with Crippen LogP contribution in [-0.2, 0) is 17.9 Å². The summed E-state index contributed by atoms with van der Waals surface area (Å²) in [4.78, 5) is 48.6. The van der Waals surface area contributed by atoms with Crippen LogP contribution in [0.1, 0.15) is 22.8 Å². The molecule has 3 rings (SSSR count). The van der Waals surface area contributed by atoms with E-state index in [0.29, 0.717) is 12.1 Å². The lowest BCUT2D eigenvalue weighted by Gasteiger charge is -2.09. The fraction of sp³-hybridized carbons (Fsp3) is 0.200. The Bertz CT molecular complexity index is 1150. The standard InChI is InChI=1S/C20H20N4O4/c1-2-21-18(26)14-7-5-6-13(10-14)11-22-17(25)12-24-20(28)16-9-4-3-8-15(16)19(27)23-24/h3-10H,2,11-12H2,1H3,(H,21,26)(H,22,25)(H,23,27). The summed E-state index contributed by atoms with van der Waals surface area (Å²) in [7, 11) is 0. The first-order valence-electron chi connectivity index (χ1n) is 8.85. The molecule has 1 aromatic heterocycles. The van der Waals surface area contributed by atoms with Crippen molar-refractivity contribution in [3.63, 3.8) is 0 Å². The summed E-state index contributed by atoms with van der Waals surface area (Å²) in [5.41, 5.74) is 0.376. The van der Waals surface area contributed by atoms with Crippen molar-refractivity contribution in [2.45, 2.75) is 20.0 Å². The van der Waals surface area contributed by atoms with Crippen LogP contribution in [0.15, 0.2) is 58.1 Å². The van der Waals surface area contributed by atoms with Gasteiger partial charge < -0.3 is 10.6 Å². The van der Waals surface area contributed by atoms with Crippen molar-refractivity contribution in [2.24, 2.45) is 0 Å². The Balaban J connectivity index is 1.70. The van der Waals surface area contributed by atoms with Gasteiger partial charge in [-0.05, 0) is 36.8 Å². The highest BCUT2D eigenvalue weighted by molar-refractivity contribution is 5.94. The fourth-order valence-electron chi connectivity index (χ4n) is 2.84. The number of amides is 2. The molecule has 8 heteroatoms. The van der Waals surface area contributed by atoms with Crippen molar-refractivity contribution < 1.29 is 9.59 Å². The van der Waals surface area contributed by atoms with Crippen LogP contribution in [0.5, 0.6) is 0 Å². The minimum absolute atomic E-state index is 0.184. The van der Waals surface area contributed by atoms with E-state index >= 15 is 0 Å². The number of fused-ring (bicyclic) bond motifs is 1. The van der Waals surface area contributed by atoms with E-state index in [9.17, 15) is 19.2 Å². The molecule has 8 nitrogen and oxygen atoms in total. The van der Waals surface area contributed by atoms with Gasteiger partial charge in [0.05, 0.1) is 10.8 Å². The minimum atomic E-state index is -0.441. The lowest BCUT2D eigenvalue weighted by Crippen LogP contribution is -2.36. The van der Waals surface area contributed by atoms with Gasteiger partial charge in [-0.3, -0.25) is 24.3 Å². The van der Waals surface area contributed by atoms with Crippen LogP contribution in [0.4, 0.5) is 0 Å². The molecule has 1 heterocycles. The lowest BCUT2D eigenvalue weighted by molar-refractivity contribution is -0.122. The molecule has 0 atom stereocenters. The molecule has 28 heavy (non-hydrogen) atoms.